The van der Waals surface area contributed by atoms with Crippen molar-refractivity contribution in [3.8, 4) is 0 Å². The van der Waals surface area contributed by atoms with Gasteiger partial charge in [-0.15, -0.1) is 0 Å². The van der Waals surface area contributed by atoms with E-state index in [0.717, 1.165) is 25.7 Å². The van der Waals surface area contributed by atoms with Gasteiger partial charge in [-0.25, -0.2) is 18.1 Å². The number of anilines is 1. The zero-order valence-corrected chi connectivity index (χ0v) is 12.3. The standard InChI is InChI=1S/C12H18ClN3O2S/c1-8-2-4-9(5-3-8)16-19(17,18)10-6-11(13)12(14)15-7-10/h6-9,16H,2-5H2,1H3,(H2,14,15). The van der Waals surface area contributed by atoms with Crippen LogP contribution >= 0.6 is 11.6 Å². The number of aromatic nitrogens is 1. The zero-order valence-electron chi connectivity index (χ0n) is 10.8. The van der Waals surface area contributed by atoms with Gasteiger partial charge in [-0.1, -0.05) is 18.5 Å². The van der Waals surface area contributed by atoms with Crippen LogP contribution in [0.5, 0.6) is 0 Å². The molecule has 1 aromatic heterocycles. The molecule has 0 spiro atoms. The lowest BCUT2D eigenvalue weighted by Gasteiger charge is -2.26. The van der Waals surface area contributed by atoms with Crippen molar-refractivity contribution in [1.29, 1.82) is 0 Å². The molecular formula is C12H18ClN3O2S. The van der Waals surface area contributed by atoms with Crippen molar-refractivity contribution in [2.45, 2.75) is 43.5 Å². The Morgan fingerprint density at radius 2 is 2.00 bits per heavy atom. The van der Waals surface area contributed by atoms with Crippen LogP contribution in [0, 0.1) is 5.92 Å². The van der Waals surface area contributed by atoms with E-state index in [1.165, 1.54) is 12.3 Å². The fourth-order valence-electron chi connectivity index (χ4n) is 2.24. The zero-order chi connectivity index (χ0) is 14.0. The van der Waals surface area contributed by atoms with Crippen LogP contribution in [0.2, 0.25) is 5.02 Å². The summed E-state index contributed by atoms with van der Waals surface area (Å²) >= 11 is 5.80. The molecule has 0 aliphatic heterocycles. The molecule has 0 saturated heterocycles. The minimum atomic E-state index is -3.57. The summed E-state index contributed by atoms with van der Waals surface area (Å²) < 4.78 is 27.1. The van der Waals surface area contributed by atoms with Crippen molar-refractivity contribution in [3.63, 3.8) is 0 Å². The second kappa shape index (κ2) is 5.64. The van der Waals surface area contributed by atoms with Crippen LogP contribution in [-0.4, -0.2) is 19.4 Å². The van der Waals surface area contributed by atoms with Crippen LogP contribution in [0.3, 0.4) is 0 Å². The van der Waals surface area contributed by atoms with Gasteiger partial charge in [-0.05, 0) is 37.7 Å². The maximum atomic E-state index is 12.2. The van der Waals surface area contributed by atoms with E-state index in [2.05, 4.69) is 16.6 Å². The SMILES string of the molecule is CC1CCC(NS(=O)(=O)c2cnc(N)c(Cl)c2)CC1. The molecule has 0 bridgehead atoms. The van der Waals surface area contributed by atoms with E-state index in [1.54, 1.807) is 0 Å². The maximum absolute atomic E-state index is 12.2. The number of hydrogen-bond acceptors (Lipinski definition) is 4. The van der Waals surface area contributed by atoms with E-state index in [0.29, 0.717) is 5.92 Å². The summed E-state index contributed by atoms with van der Waals surface area (Å²) in [6, 6.07) is 1.33. The predicted molar refractivity (Wildman–Crippen MR) is 75.4 cm³/mol. The largest absolute Gasteiger partial charge is 0.382 e. The highest BCUT2D eigenvalue weighted by molar-refractivity contribution is 7.89. The lowest BCUT2D eigenvalue weighted by Crippen LogP contribution is -2.37. The summed E-state index contributed by atoms with van der Waals surface area (Å²) in [4.78, 5) is 3.84. The third-order valence-electron chi connectivity index (χ3n) is 3.49. The molecule has 1 aromatic rings. The Kier molecular flexibility index (Phi) is 4.32. The van der Waals surface area contributed by atoms with Gasteiger partial charge in [0.2, 0.25) is 10.0 Å². The van der Waals surface area contributed by atoms with Crippen molar-refractivity contribution in [2.24, 2.45) is 5.92 Å². The number of halogens is 1. The van der Waals surface area contributed by atoms with Crippen LogP contribution < -0.4 is 10.5 Å². The van der Waals surface area contributed by atoms with Gasteiger partial charge in [0.1, 0.15) is 10.7 Å². The summed E-state index contributed by atoms with van der Waals surface area (Å²) in [7, 11) is -3.57. The third kappa shape index (κ3) is 3.58. The molecule has 0 unspecified atom stereocenters. The van der Waals surface area contributed by atoms with Crippen LogP contribution in [0.4, 0.5) is 5.82 Å². The van der Waals surface area contributed by atoms with Gasteiger partial charge < -0.3 is 5.73 Å². The molecule has 5 nitrogen and oxygen atoms in total. The number of sulfonamides is 1. The smallest absolute Gasteiger partial charge is 0.242 e. The highest BCUT2D eigenvalue weighted by atomic mass is 35.5. The first-order valence-corrected chi connectivity index (χ1v) is 8.18. The molecule has 2 rings (SSSR count). The van der Waals surface area contributed by atoms with E-state index in [9.17, 15) is 8.42 Å². The molecule has 0 atom stereocenters. The number of nitrogen functional groups attached to an aromatic ring is 1. The van der Waals surface area contributed by atoms with Gasteiger partial charge in [0.05, 0.1) is 5.02 Å². The minimum absolute atomic E-state index is 0.00229. The second-order valence-electron chi connectivity index (χ2n) is 5.12. The molecule has 1 heterocycles. The number of pyridine rings is 1. The molecule has 3 N–H and O–H groups in total. The average Bonchev–Trinajstić information content (AvgIpc) is 2.35. The van der Waals surface area contributed by atoms with Gasteiger partial charge in [0.25, 0.3) is 0 Å². The fourth-order valence-corrected chi connectivity index (χ4v) is 3.75. The van der Waals surface area contributed by atoms with Crippen LogP contribution in [-0.2, 0) is 10.0 Å². The maximum Gasteiger partial charge on any atom is 0.242 e. The van der Waals surface area contributed by atoms with E-state index >= 15 is 0 Å². The van der Waals surface area contributed by atoms with Gasteiger partial charge in [0, 0.05) is 12.2 Å². The van der Waals surface area contributed by atoms with Crippen molar-refractivity contribution >= 4 is 27.4 Å². The van der Waals surface area contributed by atoms with Gasteiger partial charge in [0.15, 0.2) is 0 Å². The average molecular weight is 304 g/mol. The molecular weight excluding hydrogens is 286 g/mol. The van der Waals surface area contributed by atoms with Crippen LogP contribution in [0.1, 0.15) is 32.6 Å². The molecule has 1 aliphatic carbocycles. The van der Waals surface area contributed by atoms with Crippen molar-refractivity contribution in [2.75, 3.05) is 5.73 Å². The Morgan fingerprint density at radius 3 is 2.58 bits per heavy atom. The molecule has 0 amide bonds. The number of hydrogen-bond donors (Lipinski definition) is 2. The minimum Gasteiger partial charge on any atom is -0.382 e. The topological polar surface area (TPSA) is 85.1 Å². The number of nitrogens with two attached hydrogens (primary N) is 1. The molecule has 7 heteroatoms. The van der Waals surface area contributed by atoms with E-state index in [1.807, 2.05) is 0 Å². The van der Waals surface area contributed by atoms with E-state index in [4.69, 9.17) is 17.3 Å². The monoisotopic (exact) mass is 303 g/mol. The normalized spacial score (nSPS) is 24.3. The number of nitrogens with zero attached hydrogens (tertiary/aromatic N) is 1. The highest BCUT2D eigenvalue weighted by Crippen LogP contribution is 2.25. The first kappa shape index (κ1) is 14.6. The summed E-state index contributed by atoms with van der Waals surface area (Å²) in [6.45, 7) is 2.19. The quantitative estimate of drug-likeness (QED) is 0.896. The van der Waals surface area contributed by atoms with Crippen molar-refractivity contribution < 1.29 is 8.42 Å². The summed E-state index contributed by atoms with van der Waals surface area (Å²) in [6.07, 6.45) is 5.07. The first-order chi connectivity index (χ1) is 8.88. The first-order valence-electron chi connectivity index (χ1n) is 6.32. The van der Waals surface area contributed by atoms with Crippen LogP contribution in [0.15, 0.2) is 17.2 Å². The lowest BCUT2D eigenvalue weighted by atomic mass is 9.88. The number of nitrogens with one attached hydrogen (secondary N) is 1. The second-order valence-corrected chi connectivity index (χ2v) is 7.24. The van der Waals surface area contributed by atoms with Gasteiger partial charge in [-0.2, -0.15) is 0 Å². The fraction of sp³-hybridized carbons (Fsp3) is 0.583. The molecule has 1 aliphatic rings. The third-order valence-corrected chi connectivity index (χ3v) is 5.28. The molecule has 0 radical (unpaired) electrons. The van der Waals surface area contributed by atoms with Crippen molar-refractivity contribution in [1.82, 2.24) is 9.71 Å². The Balaban J connectivity index is 2.11. The Hall–Kier alpha value is -0.850. The number of rotatable bonds is 3. The summed E-state index contributed by atoms with van der Waals surface area (Å²) in [5, 5.41) is 0.153. The van der Waals surface area contributed by atoms with Crippen molar-refractivity contribution in [3.05, 3.63) is 17.3 Å². The van der Waals surface area contributed by atoms with Crippen LogP contribution in [0.25, 0.3) is 0 Å². The summed E-state index contributed by atoms with van der Waals surface area (Å²) in [5.41, 5.74) is 5.47. The van der Waals surface area contributed by atoms with Gasteiger partial charge in [-0.3, -0.25) is 0 Å². The molecule has 106 valence electrons. The molecule has 1 saturated carbocycles. The van der Waals surface area contributed by atoms with E-state index < -0.39 is 10.0 Å². The Labute approximate surface area is 118 Å². The van der Waals surface area contributed by atoms with Gasteiger partial charge >= 0.3 is 0 Å². The predicted octanol–water partition coefficient (Wildman–Crippen LogP) is 2.17. The molecule has 1 fully saturated rings. The molecule has 0 aromatic carbocycles. The molecule has 19 heavy (non-hydrogen) atoms. The Morgan fingerprint density at radius 1 is 1.37 bits per heavy atom. The highest BCUT2D eigenvalue weighted by Gasteiger charge is 2.24. The van der Waals surface area contributed by atoms with E-state index in [-0.39, 0.29) is 21.8 Å². The Bertz CT molecular complexity index is 554. The summed E-state index contributed by atoms with van der Waals surface area (Å²) in [5.74, 6) is 0.806. The lowest BCUT2D eigenvalue weighted by molar-refractivity contribution is 0.332.